The molecule has 0 radical (unpaired) electrons. The van der Waals surface area contributed by atoms with Crippen LogP contribution in [0.5, 0.6) is 6.01 Å². The van der Waals surface area contributed by atoms with Gasteiger partial charge in [0, 0.05) is 11.4 Å². The topological polar surface area (TPSA) is 59.9 Å². The summed E-state index contributed by atoms with van der Waals surface area (Å²) in [6, 6.07) is 3.80. The summed E-state index contributed by atoms with van der Waals surface area (Å²) in [6.07, 6.45) is 0. The van der Waals surface area contributed by atoms with Crippen LogP contribution < -0.4 is 10.1 Å². The highest BCUT2D eigenvalue weighted by molar-refractivity contribution is 7.99. The molecule has 0 aliphatic rings. The van der Waals surface area contributed by atoms with Gasteiger partial charge in [-0.15, -0.1) is 0 Å². The van der Waals surface area contributed by atoms with Crippen molar-refractivity contribution in [1.29, 1.82) is 0 Å². The van der Waals surface area contributed by atoms with Gasteiger partial charge in [-0.05, 0) is 43.8 Å². The lowest BCUT2D eigenvalue weighted by Gasteiger charge is -2.07. The van der Waals surface area contributed by atoms with Crippen LogP contribution in [0.1, 0.15) is 13.8 Å². The van der Waals surface area contributed by atoms with E-state index in [4.69, 9.17) is 4.74 Å². The van der Waals surface area contributed by atoms with Crippen LogP contribution in [-0.4, -0.2) is 28.1 Å². The van der Waals surface area contributed by atoms with E-state index >= 15 is 0 Å². The van der Waals surface area contributed by atoms with Gasteiger partial charge in [0.05, 0.1) is 6.61 Å². The molecule has 0 spiro atoms. The first-order valence-electron chi connectivity index (χ1n) is 6.38. The highest BCUT2D eigenvalue weighted by Crippen LogP contribution is 2.27. The molecule has 21 heavy (non-hydrogen) atoms. The minimum atomic E-state index is -0.911. The maximum Gasteiger partial charge on any atom is 0.322 e. The third-order valence-electron chi connectivity index (χ3n) is 2.30. The fourth-order valence-electron chi connectivity index (χ4n) is 1.46. The van der Waals surface area contributed by atoms with E-state index < -0.39 is 11.6 Å². The second-order valence-corrected chi connectivity index (χ2v) is 4.91. The molecule has 0 saturated heterocycles. The monoisotopic (exact) mass is 312 g/mol. The van der Waals surface area contributed by atoms with Crippen molar-refractivity contribution < 1.29 is 13.5 Å². The van der Waals surface area contributed by atoms with Crippen molar-refractivity contribution in [2.45, 2.75) is 23.9 Å². The number of rotatable bonds is 6. The minimum Gasteiger partial charge on any atom is -0.464 e. The Kier molecular flexibility index (Phi) is 5.26. The van der Waals surface area contributed by atoms with Crippen molar-refractivity contribution in [2.75, 3.05) is 18.5 Å². The largest absolute Gasteiger partial charge is 0.464 e. The Bertz CT molecular complexity index is 603. The molecule has 1 N–H and O–H groups in total. The van der Waals surface area contributed by atoms with Gasteiger partial charge in [-0.2, -0.15) is 15.0 Å². The molecular weight excluding hydrogens is 298 g/mol. The molecule has 1 aromatic heterocycles. The van der Waals surface area contributed by atoms with Crippen LogP contribution >= 0.6 is 11.8 Å². The van der Waals surface area contributed by atoms with Gasteiger partial charge in [-0.3, -0.25) is 0 Å². The average molecular weight is 312 g/mol. The second kappa shape index (κ2) is 7.16. The Hall–Kier alpha value is -1.96. The van der Waals surface area contributed by atoms with Gasteiger partial charge in [0.2, 0.25) is 11.1 Å². The fraction of sp³-hybridized carbons (Fsp3) is 0.308. The summed E-state index contributed by atoms with van der Waals surface area (Å²) in [5.41, 5.74) is 0. The van der Waals surface area contributed by atoms with Crippen LogP contribution in [0.2, 0.25) is 0 Å². The van der Waals surface area contributed by atoms with E-state index in [0.717, 1.165) is 23.9 Å². The third kappa shape index (κ3) is 4.25. The Balaban J connectivity index is 2.26. The third-order valence-corrected chi connectivity index (χ3v) is 3.16. The standard InChI is InChI=1S/C13H14F2N4OS/c1-3-16-11-17-12(20-4-2)19-13(18-11)21-8-5-6-9(14)10(15)7-8/h5-7H,3-4H2,1-2H3,(H,16,17,18,19). The van der Waals surface area contributed by atoms with Crippen molar-refractivity contribution in [3.8, 4) is 6.01 Å². The summed E-state index contributed by atoms with van der Waals surface area (Å²) in [7, 11) is 0. The number of halogens is 2. The molecule has 0 amide bonds. The average Bonchev–Trinajstić information content (AvgIpc) is 2.43. The molecule has 0 bridgehead atoms. The SMILES string of the molecule is CCNc1nc(OCC)nc(Sc2ccc(F)c(F)c2)n1. The van der Waals surface area contributed by atoms with Gasteiger partial charge < -0.3 is 10.1 Å². The molecule has 2 rings (SSSR count). The second-order valence-electron chi connectivity index (χ2n) is 3.87. The molecule has 1 heterocycles. The van der Waals surface area contributed by atoms with Crippen molar-refractivity contribution in [1.82, 2.24) is 15.0 Å². The van der Waals surface area contributed by atoms with Crippen LogP contribution in [0.15, 0.2) is 28.3 Å². The maximum absolute atomic E-state index is 13.2. The molecule has 112 valence electrons. The molecule has 0 aliphatic carbocycles. The number of nitrogens with zero attached hydrogens (tertiary/aromatic N) is 3. The number of hydrogen-bond donors (Lipinski definition) is 1. The number of ether oxygens (including phenoxy) is 1. The van der Waals surface area contributed by atoms with Crippen LogP contribution in [0.25, 0.3) is 0 Å². The maximum atomic E-state index is 13.2. The van der Waals surface area contributed by atoms with Crippen molar-refractivity contribution in [3.05, 3.63) is 29.8 Å². The number of aromatic nitrogens is 3. The van der Waals surface area contributed by atoms with Crippen LogP contribution in [-0.2, 0) is 0 Å². The van der Waals surface area contributed by atoms with Gasteiger partial charge in [0.15, 0.2) is 11.6 Å². The molecule has 0 fully saturated rings. The summed E-state index contributed by atoms with van der Waals surface area (Å²) in [5, 5.41) is 3.31. The zero-order valence-electron chi connectivity index (χ0n) is 11.6. The number of hydrogen-bond acceptors (Lipinski definition) is 6. The van der Waals surface area contributed by atoms with Crippen LogP contribution in [0.3, 0.4) is 0 Å². The number of nitrogens with one attached hydrogen (secondary N) is 1. The molecule has 0 saturated carbocycles. The molecular formula is C13H14F2N4OS. The lowest BCUT2D eigenvalue weighted by molar-refractivity contribution is 0.308. The van der Waals surface area contributed by atoms with Gasteiger partial charge in [-0.1, -0.05) is 0 Å². The normalized spacial score (nSPS) is 10.5. The summed E-state index contributed by atoms with van der Waals surface area (Å²) in [6.45, 7) is 4.79. The molecule has 8 heteroatoms. The van der Waals surface area contributed by atoms with Gasteiger partial charge in [0.1, 0.15) is 0 Å². The molecule has 0 atom stereocenters. The van der Waals surface area contributed by atoms with Crippen molar-refractivity contribution >= 4 is 17.7 Å². The summed E-state index contributed by atoms with van der Waals surface area (Å²) in [5.74, 6) is -1.43. The zero-order valence-corrected chi connectivity index (χ0v) is 12.4. The zero-order chi connectivity index (χ0) is 15.2. The summed E-state index contributed by atoms with van der Waals surface area (Å²) >= 11 is 1.10. The minimum absolute atomic E-state index is 0.188. The Labute approximate surface area is 125 Å². The van der Waals surface area contributed by atoms with E-state index in [1.165, 1.54) is 6.07 Å². The number of anilines is 1. The Morgan fingerprint density at radius 3 is 2.62 bits per heavy atom. The Morgan fingerprint density at radius 1 is 1.14 bits per heavy atom. The highest BCUT2D eigenvalue weighted by atomic mass is 32.2. The fourth-order valence-corrected chi connectivity index (χ4v) is 2.23. The van der Waals surface area contributed by atoms with E-state index in [1.54, 1.807) is 0 Å². The predicted molar refractivity (Wildman–Crippen MR) is 75.6 cm³/mol. The summed E-state index contributed by atoms with van der Waals surface area (Å²) < 4.78 is 31.4. The molecule has 0 aliphatic heterocycles. The predicted octanol–water partition coefficient (Wildman–Crippen LogP) is 3.13. The molecule has 1 aromatic carbocycles. The van der Waals surface area contributed by atoms with E-state index in [-0.39, 0.29) is 6.01 Å². The van der Waals surface area contributed by atoms with Gasteiger partial charge >= 0.3 is 6.01 Å². The van der Waals surface area contributed by atoms with Crippen LogP contribution in [0, 0.1) is 11.6 Å². The molecule has 2 aromatic rings. The van der Waals surface area contributed by atoms with Crippen LogP contribution in [0.4, 0.5) is 14.7 Å². The van der Waals surface area contributed by atoms with E-state index in [9.17, 15) is 8.78 Å². The van der Waals surface area contributed by atoms with E-state index in [0.29, 0.717) is 29.2 Å². The molecule has 5 nitrogen and oxygen atoms in total. The first kappa shape index (κ1) is 15.4. The van der Waals surface area contributed by atoms with E-state index in [2.05, 4.69) is 20.3 Å². The molecule has 0 unspecified atom stereocenters. The first-order chi connectivity index (χ1) is 10.1. The quantitative estimate of drug-likeness (QED) is 0.884. The highest BCUT2D eigenvalue weighted by Gasteiger charge is 2.10. The first-order valence-corrected chi connectivity index (χ1v) is 7.19. The smallest absolute Gasteiger partial charge is 0.322 e. The van der Waals surface area contributed by atoms with Crippen molar-refractivity contribution in [3.63, 3.8) is 0 Å². The van der Waals surface area contributed by atoms with Gasteiger partial charge in [-0.25, -0.2) is 8.78 Å². The van der Waals surface area contributed by atoms with Crippen molar-refractivity contribution in [2.24, 2.45) is 0 Å². The lowest BCUT2D eigenvalue weighted by atomic mass is 10.3. The van der Waals surface area contributed by atoms with Gasteiger partial charge in [0.25, 0.3) is 0 Å². The number of benzene rings is 1. The lowest BCUT2D eigenvalue weighted by Crippen LogP contribution is -2.07. The van der Waals surface area contributed by atoms with E-state index in [1.807, 2.05) is 13.8 Å². The Morgan fingerprint density at radius 2 is 1.95 bits per heavy atom. The summed E-state index contributed by atoms with van der Waals surface area (Å²) in [4.78, 5) is 12.9.